The first-order valence-corrected chi connectivity index (χ1v) is 9.32. The van der Waals surface area contributed by atoms with E-state index in [0.29, 0.717) is 5.75 Å². The van der Waals surface area contributed by atoms with Gasteiger partial charge < -0.3 is 4.74 Å². The number of ether oxygens (including phenoxy) is 1. The third kappa shape index (κ3) is 6.67. The van der Waals surface area contributed by atoms with Crippen LogP contribution in [0.3, 0.4) is 0 Å². The predicted octanol–water partition coefficient (Wildman–Crippen LogP) is 4.87. The quantitative estimate of drug-likeness (QED) is 0.481. The smallest absolute Gasteiger partial charge is 0.314 e. The van der Waals surface area contributed by atoms with Gasteiger partial charge in [0.05, 0.1) is 18.3 Å². The zero-order chi connectivity index (χ0) is 16.3. The van der Waals surface area contributed by atoms with Crippen LogP contribution in [0.1, 0.15) is 83.4 Å². The number of rotatable bonds is 9. The molecule has 0 unspecified atom stereocenters. The number of unbranched alkanes of at least 4 members (excludes halogenated alkanes) is 5. The first kappa shape index (κ1) is 17.9. The molecule has 1 aromatic rings. The maximum absolute atomic E-state index is 12.1. The Kier molecular flexibility index (Phi) is 8.05. The number of carbonyl (C=O) groups is 1. The highest BCUT2D eigenvalue weighted by Gasteiger charge is 2.23. The summed E-state index contributed by atoms with van der Waals surface area (Å²) in [4.78, 5) is 20.7. The minimum Gasteiger partial charge on any atom is -0.423 e. The molecule has 0 radical (unpaired) electrons. The highest BCUT2D eigenvalue weighted by atomic mass is 16.5. The average molecular weight is 318 g/mol. The van der Waals surface area contributed by atoms with Crippen LogP contribution < -0.4 is 4.74 Å². The predicted molar refractivity (Wildman–Crippen MR) is 91.3 cm³/mol. The van der Waals surface area contributed by atoms with Gasteiger partial charge in [-0.1, -0.05) is 58.3 Å². The van der Waals surface area contributed by atoms with Crippen LogP contribution in [-0.4, -0.2) is 15.9 Å². The highest BCUT2D eigenvalue weighted by Crippen LogP contribution is 2.25. The molecule has 0 aromatic carbocycles. The van der Waals surface area contributed by atoms with Crippen LogP contribution in [0.5, 0.6) is 5.75 Å². The Hall–Kier alpha value is -1.45. The van der Waals surface area contributed by atoms with Crippen molar-refractivity contribution < 1.29 is 9.53 Å². The van der Waals surface area contributed by atoms with Crippen LogP contribution in [-0.2, 0) is 11.2 Å². The van der Waals surface area contributed by atoms with E-state index in [9.17, 15) is 4.79 Å². The summed E-state index contributed by atoms with van der Waals surface area (Å²) in [6.45, 7) is 2.23. The van der Waals surface area contributed by atoms with E-state index >= 15 is 0 Å². The van der Waals surface area contributed by atoms with Gasteiger partial charge in [-0.25, -0.2) is 9.97 Å². The van der Waals surface area contributed by atoms with Gasteiger partial charge in [-0.15, -0.1) is 0 Å². The molecule has 1 heterocycles. The number of aryl methyl sites for hydroxylation is 1. The van der Waals surface area contributed by atoms with Crippen molar-refractivity contribution in [2.24, 2.45) is 5.92 Å². The summed E-state index contributed by atoms with van der Waals surface area (Å²) in [5.74, 6) is 1.27. The Bertz CT molecular complexity index is 453. The van der Waals surface area contributed by atoms with Crippen LogP contribution >= 0.6 is 0 Å². The van der Waals surface area contributed by atoms with E-state index in [4.69, 9.17) is 4.74 Å². The van der Waals surface area contributed by atoms with Gasteiger partial charge in [0.25, 0.3) is 0 Å². The number of nitrogens with zero attached hydrogens (tertiary/aromatic N) is 2. The van der Waals surface area contributed by atoms with Gasteiger partial charge in [-0.3, -0.25) is 4.79 Å². The zero-order valence-corrected chi connectivity index (χ0v) is 14.4. The molecular weight excluding hydrogens is 288 g/mol. The molecule has 0 spiro atoms. The van der Waals surface area contributed by atoms with Crippen molar-refractivity contribution >= 4 is 5.97 Å². The fourth-order valence-corrected chi connectivity index (χ4v) is 3.13. The lowest BCUT2D eigenvalue weighted by Crippen LogP contribution is -2.22. The van der Waals surface area contributed by atoms with Gasteiger partial charge in [-0.05, 0) is 19.3 Å². The largest absolute Gasteiger partial charge is 0.423 e. The summed E-state index contributed by atoms with van der Waals surface area (Å²) in [5.41, 5.74) is 0. The molecule has 1 saturated carbocycles. The van der Waals surface area contributed by atoms with Crippen LogP contribution in [0.15, 0.2) is 12.4 Å². The summed E-state index contributed by atoms with van der Waals surface area (Å²) in [6, 6.07) is 0. The van der Waals surface area contributed by atoms with Crippen molar-refractivity contribution in [2.45, 2.75) is 84.0 Å². The number of hydrogen-bond acceptors (Lipinski definition) is 4. The second-order valence-corrected chi connectivity index (χ2v) is 6.61. The normalized spacial score (nSPS) is 15.5. The second-order valence-electron chi connectivity index (χ2n) is 6.61. The molecule has 1 aliphatic rings. The fourth-order valence-electron chi connectivity index (χ4n) is 3.13. The lowest BCUT2D eigenvalue weighted by atomic mass is 9.89. The summed E-state index contributed by atoms with van der Waals surface area (Å²) in [7, 11) is 0. The molecule has 4 nitrogen and oxygen atoms in total. The molecule has 0 N–H and O–H groups in total. The van der Waals surface area contributed by atoms with E-state index in [1.807, 2.05) is 0 Å². The first-order chi connectivity index (χ1) is 11.3. The molecule has 4 heteroatoms. The van der Waals surface area contributed by atoms with Gasteiger partial charge in [0.15, 0.2) is 5.75 Å². The minimum absolute atomic E-state index is 0.0616. The fraction of sp³-hybridized carbons (Fsp3) is 0.737. The van der Waals surface area contributed by atoms with Crippen LogP contribution in [0.2, 0.25) is 0 Å². The third-order valence-electron chi connectivity index (χ3n) is 4.59. The standard InChI is InChI=1S/C19H30N2O2/c1-2-3-4-5-6-10-13-18-20-14-17(15-21-18)23-19(22)16-11-8-7-9-12-16/h14-16H,2-13H2,1H3. The van der Waals surface area contributed by atoms with E-state index in [0.717, 1.165) is 44.3 Å². The molecule has 23 heavy (non-hydrogen) atoms. The third-order valence-corrected chi connectivity index (χ3v) is 4.59. The molecule has 1 fully saturated rings. The second kappa shape index (κ2) is 10.3. The molecule has 0 saturated heterocycles. The molecule has 0 atom stereocenters. The molecule has 0 bridgehead atoms. The lowest BCUT2D eigenvalue weighted by molar-refractivity contribution is -0.140. The van der Waals surface area contributed by atoms with Crippen molar-refractivity contribution in [3.05, 3.63) is 18.2 Å². The SMILES string of the molecule is CCCCCCCCc1ncc(OC(=O)C2CCCCC2)cn1. The van der Waals surface area contributed by atoms with Crippen molar-refractivity contribution in [2.75, 3.05) is 0 Å². The molecule has 2 rings (SSSR count). The van der Waals surface area contributed by atoms with E-state index in [2.05, 4.69) is 16.9 Å². The van der Waals surface area contributed by atoms with Crippen molar-refractivity contribution in [1.29, 1.82) is 0 Å². The Morgan fingerprint density at radius 3 is 2.39 bits per heavy atom. The maximum atomic E-state index is 12.1. The monoisotopic (exact) mass is 318 g/mol. The highest BCUT2D eigenvalue weighted by molar-refractivity contribution is 5.75. The Morgan fingerprint density at radius 2 is 1.70 bits per heavy atom. The topological polar surface area (TPSA) is 52.1 Å². The van der Waals surface area contributed by atoms with Gasteiger partial charge in [0, 0.05) is 6.42 Å². The van der Waals surface area contributed by atoms with E-state index in [1.54, 1.807) is 12.4 Å². The maximum Gasteiger partial charge on any atom is 0.314 e. The number of esters is 1. The van der Waals surface area contributed by atoms with Crippen molar-refractivity contribution in [1.82, 2.24) is 9.97 Å². The molecule has 0 amide bonds. The average Bonchev–Trinajstić information content (AvgIpc) is 2.60. The number of carbonyl (C=O) groups excluding carboxylic acids is 1. The van der Waals surface area contributed by atoms with Crippen molar-refractivity contribution in [3.63, 3.8) is 0 Å². The summed E-state index contributed by atoms with van der Waals surface area (Å²) < 4.78 is 5.41. The minimum atomic E-state index is -0.114. The van der Waals surface area contributed by atoms with Crippen LogP contribution in [0, 0.1) is 5.92 Å². The number of hydrogen-bond donors (Lipinski definition) is 0. The van der Waals surface area contributed by atoms with Crippen molar-refractivity contribution in [3.8, 4) is 5.75 Å². The molecule has 0 aliphatic heterocycles. The van der Waals surface area contributed by atoms with Gasteiger partial charge in [0.1, 0.15) is 5.82 Å². The van der Waals surface area contributed by atoms with Gasteiger partial charge in [-0.2, -0.15) is 0 Å². The Morgan fingerprint density at radius 1 is 1.04 bits per heavy atom. The summed E-state index contributed by atoms with van der Waals surface area (Å²) in [5, 5.41) is 0. The molecule has 1 aromatic heterocycles. The molecular formula is C19H30N2O2. The van der Waals surface area contributed by atoms with Crippen LogP contribution in [0.25, 0.3) is 0 Å². The van der Waals surface area contributed by atoms with Gasteiger partial charge in [0.2, 0.25) is 0 Å². The lowest BCUT2D eigenvalue weighted by Gasteiger charge is -2.19. The zero-order valence-electron chi connectivity index (χ0n) is 14.4. The first-order valence-electron chi connectivity index (χ1n) is 9.32. The van der Waals surface area contributed by atoms with E-state index in [-0.39, 0.29) is 11.9 Å². The molecule has 1 aliphatic carbocycles. The van der Waals surface area contributed by atoms with E-state index in [1.165, 1.54) is 38.5 Å². The Balaban J connectivity index is 1.68. The molecule has 128 valence electrons. The van der Waals surface area contributed by atoms with E-state index < -0.39 is 0 Å². The van der Waals surface area contributed by atoms with Crippen LogP contribution in [0.4, 0.5) is 0 Å². The summed E-state index contributed by atoms with van der Waals surface area (Å²) >= 11 is 0. The van der Waals surface area contributed by atoms with Gasteiger partial charge >= 0.3 is 5.97 Å². The number of aromatic nitrogens is 2. The summed E-state index contributed by atoms with van der Waals surface area (Å²) in [6.07, 6.45) is 17.2. The Labute approximate surface area is 140 Å².